The Balaban J connectivity index is 1.35. The van der Waals surface area contributed by atoms with Gasteiger partial charge in [0, 0.05) is 49.6 Å². The van der Waals surface area contributed by atoms with Gasteiger partial charge in [-0.2, -0.15) is 0 Å². The number of likely N-dealkylation sites (N-methyl/N-ethyl adjacent to an activating group) is 1. The van der Waals surface area contributed by atoms with Gasteiger partial charge in [0.05, 0.1) is 11.3 Å². The number of para-hydroxylation sites is 2. The number of nitrogens with one attached hydrogen (secondary N) is 1. The summed E-state index contributed by atoms with van der Waals surface area (Å²) in [5.41, 5.74) is 2.52. The largest absolute Gasteiger partial charge is 0.486 e. The van der Waals surface area contributed by atoms with Gasteiger partial charge >= 0.3 is 0 Å². The van der Waals surface area contributed by atoms with Gasteiger partial charge in [-0.1, -0.05) is 43.3 Å². The number of aromatic nitrogens is 1. The lowest BCUT2D eigenvalue weighted by Gasteiger charge is -2.38. The van der Waals surface area contributed by atoms with Crippen LogP contribution < -0.4 is 14.8 Å². The number of hydrogen-bond acceptors (Lipinski definition) is 6. The summed E-state index contributed by atoms with van der Waals surface area (Å²) in [6.07, 6.45) is 2.91. The molecule has 0 saturated carbocycles. The first-order chi connectivity index (χ1) is 20.8. The molecule has 0 aliphatic carbocycles. The van der Waals surface area contributed by atoms with E-state index in [0.717, 1.165) is 17.1 Å². The Kier molecular flexibility index (Phi) is 9.37. The van der Waals surface area contributed by atoms with Gasteiger partial charge in [-0.05, 0) is 75.0 Å². The van der Waals surface area contributed by atoms with E-state index in [1.54, 1.807) is 42.7 Å². The molecule has 0 spiro atoms. The maximum Gasteiger partial charge on any atom is 0.257 e. The minimum atomic E-state index is -0.295. The van der Waals surface area contributed by atoms with Crippen LogP contribution in [0.25, 0.3) is 0 Å². The Morgan fingerprint density at radius 2 is 1.70 bits per heavy atom. The van der Waals surface area contributed by atoms with E-state index < -0.39 is 0 Å². The molecule has 222 valence electrons. The van der Waals surface area contributed by atoms with Crippen molar-refractivity contribution in [3.8, 4) is 17.2 Å². The number of pyridine rings is 1. The van der Waals surface area contributed by atoms with Gasteiger partial charge in [-0.15, -0.1) is 0 Å². The lowest BCUT2D eigenvalue weighted by molar-refractivity contribution is 0.0433. The van der Waals surface area contributed by atoms with Gasteiger partial charge in [0.25, 0.3) is 11.8 Å². The molecule has 2 heterocycles. The molecule has 0 unspecified atom stereocenters. The zero-order valence-electron chi connectivity index (χ0n) is 25.1. The highest BCUT2D eigenvalue weighted by molar-refractivity contribution is 6.07. The van der Waals surface area contributed by atoms with E-state index in [4.69, 9.17) is 9.47 Å². The molecule has 5 rings (SSSR count). The SMILES string of the molecule is CC(C)N1C[C@@H](C)[C@H](CN(C)Cc2ccc(Oc3ccccc3)cc2)Oc2c(NC(=O)c3ccncc3)cccc2C1=O. The van der Waals surface area contributed by atoms with Crippen LogP contribution in [0.1, 0.15) is 47.1 Å². The van der Waals surface area contributed by atoms with E-state index in [1.807, 2.05) is 61.2 Å². The minimum absolute atomic E-state index is 0.00552. The molecule has 8 nitrogen and oxygen atoms in total. The fraction of sp³-hybridized carbons (Fsp3) is 0.286. The quantitative estimate of drug-likeness (QED) is 0.244. The van der Waals surface area contributed by atoms with Gasteiger partial charge in [-0.3, -0.25) is 19.5 Å². The van der Waals surface area contributed by atoms with E-state index in [-0.39, 0.29) is 29.9 Å². The highest BCUT2D eigenvalue weighted by atomic mass is 16.5. The van der Waals surface area contributed by atoms with Crippen LogP contribution in [0.2, 0.25) is 0 Å². The van der Waals surface area contributed by atoms with Gasteiger partial charge < -0.3 is 19.7 Å². The Labute approximate surface area is 253 Å². The maximum absolute atomic E-state index is 13.7. The first kappa shape index (κ1) is 29.8. The summed E-state index contributed by atoms with van der Waals surface area (Å²) in [6.45, 7) is 8.05. The van der Waals surface area contributed by atoms with Crippen LogP contribution in [-0.2, 0) is 6.54 Å². The van der Waals surface area contributed by atoms with Crippen molar-refractivity contribution in [2.45, 2.75) is 39.5 Å². The van der Waals surface area contributed by atoms with Gasteiger partial charge in [-0.25, -0.2) is 0 Å². The van der Waals surface area contributed by atoms with Crippen molar-refractivity contribution < 1.29 is 19.1 Å². The van der Waals surface area contributed by atoms with Crippen molar-refractivity contribution in [1.29, 1.82) is 0 Å². The second kappa shape index (κ2) is 13.5. The molecule has 0 radical (unpaired) electrons. The van der Waals surface area contributed by atoms with Gasteiger partial charge in [0.15, 0.2) is 5.75 Å². The molecule has 3 aromatic carbocycles. The lowest BCUT2D eigenvalue weighted by Crippen LogP contribution is -2.48. The molecule has 2 atom stereocenters. The fourth-order valence-electron chi connectivity index (χ4n) is 5.20. The number of hydrogen-bond donors (Lipinski definition) is 1. The Bertz CT molecular complexity index is 1530. The third-order valence-electron chi connectivity index (χ3n) is 7.56. The molecule has 2 amide bonds. The van der Waals surface area contributed by atoms with E-state index in [1.165, 1.54) is 0 Å². The Hall–Kier alpha value is -4.69. The number of rotatable bonds is 9. The van der Waals surface area contributed by atoms with Crippen LogP contribution in [0, 0.1) is 5.92 Å². The molecule has 1 N–H and O–H groups in total. The molecule has 4 aromatic rings. The van der Waals surface area contributed by atoms with Crippen molar-refractivity contribution >= 4 is 17.5 Å². The smallest absolute Gasteiger partial charge is 0.257 e. The predicted octanol–water partition coefficient (Wildman–Crippen LogP) is 6.51. The van der Waals surface area contributed by atoms with Crippen LogP contribution in [0.5, 0.6) is 17.2 Å². The number of fused-ring (bicyclic) bond motifs is 1. The second-order valence-electron chi connectivity index (χ2n) is 11.3. The third kappa shape index (κ3) is 7.40. The molecule has 1 aromatic heterocycles. The monoisotopic (exact) mass is 578 g/mol. The van der Waals surface area contributed by atoms with Crippen molar-refractivity contribution in [2.75, 3.05) is 25.5 Å². The summed E-state index contributed by atoms with van der Waals surface area (Å²) < 4.78 is 12.6. The standard InChI is InChI=1S/C35H38N4O4/c1-24(2)39-21-25(3)32(23-38(4)22-26-13-15-29(16-14-26)42-28-9-6-5-7-10-28)43-33-30(35(39)41)11-8-12-31(33)37-34(40)27-17-19-36-20-18-27/h5-20,24-25,32H,21-23H2,1-4H3,(H,37,40)/t25-,32+/m1/s1. The topological polar surface area (TPSA) is 84.0 Å². The van der Waals surface area contributed by atoms with Crippen LogP contribution in [0.3, 0.4) is 0 Å². The number of carbonyl (C=O) groups excluding carboxylic acids is 2. The summed E-state index contributed by atoms with van der Waals surface area (Å²) in [5, 5.41) is 2.96. The molecule has 1 aliphatic heterocycles. The average Bonchev–Trinajstić information content (AvgIpc) is 3.01. The van der Waals surface area contributed by atoms with E-state index in [0.29, 0.717) is 42.2 Å². The number of benzene rings is 3. The first-order valence-electron chi connectivity index (χ1n) is 14.6. The predicted molar refractivity (Wildman–Crippen MR) is 168 cm³/mol. The van der Waals surface area contributed by atoms with Crippen LogP contribution in [-0.4, -0.2) is 58.9 Å². The molecule has 0 bridgehead atoms. The molecular weight excluding hydrogens is 540 g/mol. The number of anilines is 1. The van der Waals surface area contributed by atoms with Crippen molar-refractivity contribution in [2.24, 2.45) is 5.92 Å². The summed E-state index contributed by atoms with van der Waals surface area (Å²) in [7, 11) is 2.06. The normalized spacial score (nSPS) is 16.7. The fourth-order valence-corrected chi connectivity index (χ4v) is 5.20. The number of carbonyl (C=O) groups is 2. The highest BCUT2D eigenvalue weighted by Gasteiger charge is 2.34. The Morgan fingerprint density at radius 1 is 1.00 bits per heavy atom. The zero-order chi connectivity index (χ0) is 30.3. The molecule has 0 saturated heterocycles. The molecular formula is C35H38N4O4. The zero-order valence-corrected chi connectivity index (χ0v) is 25.1. The van der Waals surface area contributed by atoms with E-state index in [9.17, 15) is 9.59 Å². The van der Waals surface area contributed by atoms with Crippen molar-refractivity contribution in [1.82, 2.24) is 14.8 Å². The van der Waals surface area contributed by atoms with Gasteiger partial charge in [0.2, 0.25) is 0 Å². The molecule has 43 heavy (non-hydrogen) atoms. The number of ether oxygens (including phenoxy) is 2. The number of amides is 2. The second-order valence-corrected chi connectivity index (χ2v) is 11.3. The summed E-state index contributed by atoms with van der Waals surface area (Å²) >= 11 is 0. The molecule has 8 heteroatoms. The first-order valence-corrected chi connectivity index (χ1v) is 14.6. The molecule has 1 aliphatic rings. The highest BCUT2D eigenvalue weighted by Crippen LogP contribution is 2.35. The minimum Gasteiger partial charge on any atom is -0.486 e. The maximum atomic E-state index is 13.7. The Morgan fingerprint density at radius 3 is 2.40 bits per heavy atom. The summed E-state index contributed by atoms with van der Waals surface area (Å²) in [4.78, 5) is 34.9. The van der Waals surface area contributed by atoms with Crippen LogP contribution in [0.15, 0.2) is 97.3 Å². The van der Waals surface area contributed by atoms with Crippen molar-refractivity contribution in [3.05, 3.63) is 114 Å². The van der Waals surface area contributed by atoms with Gasteiger partial charge in [0.1, 0.15) is 17.6 Å². The van der Waals surface area contributed by atoms with Crippen molar-refractivity contribution in [3.63, 3.8) is 0 Å². The summed E-state index contributed by atoms with van der Waals surface area (Å²) in [5.74, 6) is 1.61. The average molecular weight is 579 g/mol. The van der Waals surface area contributed by atoms with E-state index in [2.05, 4.69) is 41.3 Å². The third-order valence-corrected chi connectivity index (χ3v) is 7.56. The van der Waals surface area contributed by atoms with E-state index >= 15 is 0 Å². The molecule has 0 fully saturated rings. The van der Waals surface area contributed by atoms with Crippen LogP contribution in [0.4, 0.5) is 5.69 Å². The number of nitrogens with zero attached hydrogens (tertiary/aromatic N) is 3. The van der Waals surface area contributed by atoms with Crippen LogP contribution >= 0.6 is 0 Å². The summed E-state index contributed by atoms with van der Waals surface area (Å²) in [6, 6.07) is 26.4. The lowest BCUT2D eigenvalue weighted by atomic mass is 9.99.